The van der Waals surface area contributed by atoms with Crippen LogP contribution < -0.4 is 13.7 Å². The molecule has 6 bridgehead atoms. The van der Waals surface area contributed by atoms with Crippen molar-refractivity contribution >= 4 is 6.08 Å². The van der Waals surface area contributed by atoms with Crippen LogP contribution in [0.4, 0.5) is 0 Å². The van der Waals surface area contributed by atoms with Crippen LogP contribution in [0.3, 0.4) is 0 Å². The van der Waals surface area contributed by atoms with E-state index in [0.717, 1.165) is 52.2 Å². The number of pyridine rings is 3. The molecule has 0 N–H and O–H groups in total. The smallest absolute Gasteiger partial charge is 0.194 e. The Kier molecular flexibility index (Phi) is 10.6. The van der Waals surface area contributed by atoms with Crippen LogP contribution in [0.25, 0.3) is 129 Å². The summed E-state index contributed by atoms with van der Waals surface area (Å²) in [6.45, 7) is 6.00. The van der Waals surface area contributed by atoms with Crippen LogP contribution in [0.5, 0.6) is 0 Å². The van der Waals surface area contributed by atoms with Gasteiger partial charge in [0.1, 0.15) is 0 Å². The van der Waals surface area contributed by atoms with E-state index in [4.69, 9.17) is 0 Å². The largest absolute Gasteiger partial charge is 0.243 e. The second kappa shape index (κ2) is 18.2. The molecule has 0 amide bonds. The molecule has 12 aromatic rings. The van der Waals surface area contributed by atoms with Crippen molar-refractivity contribution in [2.24, 2.45) is 0 Å². The minimum atomic E-state index is 0.0711. The molecule has 1 unspecified atom stereocenters. The number of benzene rings is 9. The zero-order valence-corrected chi connectivity index (χ0v) is 42.5. The van der Waals surface area contributed by atoms with Crippen molar-refractivity contribution in [3.8, 4) is 123 Å². The molecule has 4 aliphatic rings. The first kappa shape index (κ1) is 44.6. The molecule has 0 fully saturated rings. The van der Waals surface area contributed by atoms with Gasteiger partial charge >= 0.3 is 0 Å². The Bertz CT molecular complexity index is 4360. The van der Waals surface area contributed by atoms with Crippen molar-refractivity contribution in [2.75, 3.05) is 0 Å². The van der Waals surface area contributed by atoms with Gasteiger partial charge in [0.2, 0.25) is 29.7 Å². The summed E-state index contributed by atoms with van der Waals surface area (Å²) in [5.74, 6) is 0. The lowest BCUT2D eigenvalue weighted by atomic mass is 9.83. The van der Waals surface area contributed by atoms with Gasteiger partial charge in [-0.15, -0.1) is 0 Å². The molecule has 0 radical (unpaired) electrons. The van der Waals surface area contributed by atoms with E-state index in [9.17, 15) is 0 Å². The maximum Gasteiger partial charge on any atom is 0.243 e. The molecule has 4 aliphatic heterocycles. The number of fused-ring (bicyclic) bond motifs is 7. The average Bonchev–Trinajstić information content (AvgIpc) is 4.06. The first-order valence-corrected chi connectivity index (χ1v) is 26.8. The van der Waals surface area contributed by atoms with Gasteiger partial charge in [-0.05, 0) is 167 Å². The summed E-state index contributed by atoms with van der Waals surface area (Å²) in [7, 11) is 0. The Morgan fingerprint density at radius 3 is 1.47 bits per heavy atom. The molecule has 0 saturated heterocycles. The highest BCUT2D eigenvalue weighted by molar-refractivity contribution is 5.98. The van der Waals surface area contributed by atoms with Crippen LogP contribution in [0.2, 0.25) is 0 Å². The van der Waals surface area contributed by atoms with Crippen molar-refractivity contribution in [3.05, 3.63) is 291 Å². The van der Waals surface area contributed by atoms with E-state index < -0.39 is 0 Å². The third-order valence-corrected chi connectivity index (χ3v) is 16.4. The molecule has 3 aromatic heterocycles. The SMILES string of the molecule is C=Cc1cc2ccc1-c1cccc[n+]1CC1c3cc(ccc3-c3cccc[n+]31)-c1ccccc1-c1cc(cc(-c3ccccc3-c3cc4c(cc3-c3ccc(-c5ccccc5)cc3)-c3cccc[n+]3C4)c1)-c1ccccc1-2. The molecular weight excluding hydrogens is 931 g/mol. The number of rotatable bonds is 5. The maximum absolute atomic E-state index is 4.41. The lowest BCUT2D eigenvalue weighted by Crippen LogP contribution is -2.48. The molecule has 9 aromatic carbocycles. The molecule has 1 atom stereocenters. The van der Waals surface area contributed by atoms with Gasteiger partial charge in [0, 0.05) is 47.5 Å². The van der Waals surface area contributed by atoms with Crippen LogP contribution in [0.15, 0.2) is 274 Å². The summed E-state index contributed by atoms with van der Waals surface area (Å²) < 4.78 is 7.27. The van der Waals surface area contributed by atoms with Gasteiger partial charge < -0.3 is 0 Å². The van der Waals surface area contributed by atoms with Crippen molar-refractivity contribution < 1.29 is 13.7 Å². The van der Waals surface area contributed by atoms with Crippen LogP contribution in [0.1, 0.15) is 22.7 Å². The van der Waals surface area contributed by atoms with Crippen molar-refractivity contribution in [1.29, 1.82) is 0 Å². The summed E-state index contributed by atoms with van der Waals surface area (Å²) in [5, 5.41) is 0. The highest BCUT2D eigenvalue weighted by Gasteiger charge is 2.40. The van der Waals surface area contributed by atoms with Crippen LogP contribution in [-0.4, -0.2) is 0 Å². The molecule has 0 saturated carbocycles. The second-order valence-corrected chi connectivity index (χ2v) is 20.7. The van der Waals surface area contributed by atoms with E-state index in [-0.39, 0.29) is 6.04 Å². The predicted octanol–water partition coefficient (Wildman–Crippen LogP) is 16.8. The second-order valence-electron chi connectivity index (χ2n) is 20.7. The Hall–Kier alpha value is -9.83. The molecule has 0 aliphatic carbocycles. The van der Waals surface area contributed by atoms with E-state index in [1.54, 1.807) is 0 Å². The summed E-state index contributed by atoms with van der Waals surface area (Å²) in [6.07, 6.45) is 8.71. The van der Waals surface area contributed by atoms with Crippen LogP contribution in [0, 0.1) is 0 Å². The normalized spacial score (nSPS) is 13.3. The topological polar surface area (TPSA) is 11.6 Å². The predicted molar refractivity (Wildman–Crippen MR) is 314 cm³/mol. The molecule has 0 spiro atoms. The van der Waals surface area contributed by atoms with Crippen LogP contribution in [-0.2, 0) is 13.1 Å². The average molecular weight is 983 g/mol. The fraction of sp³-hybridized carbons (Fsp3) is 0.0405. The molecule has 7 heterocycles. The molecule has 360 valence electrons. The fourth-order valence-corrected chi connectivity index (χ4v) is 12.8. The van der Waals surface area contributed by atoms with E-state index in [1.807, 2.05) is 6.08 Å². The molecule has 3 heteroatoms. The van der Waals surface area contributed by atoms with Crippen molar-refractivity contribution in [1.82, 2.24) is 0 Å². The van der Waals surface area contributed by atoms with Gasteiger partial charge in [0.05, 0.1) is 16.7 Å². The third-order valence-electron chi connectivity index (χ3n) is 16.4. The number of nitrogens with zero attached hydrogens (tertiary/aromatic N) is 3. The van der Waals surface area contributed by atoms with Gasteiger partial charge in [-0.1, -0.05) is 152 Å². The van der Waals surface area contributed by atoms with Crippen molar-refractivity contribution in [2.45, 2.75) is 19.1 Å². The Labute approximate surface area is 449 Å². The Balaban J connectivity index is 0.970. The zero-order valence-electron chi connectivity index (χ0n) is 42.5. The summed E-state index contributed by atoms with van der Waals surface area (Å²) in [4.78, 5) is 0. The van der Waals surface area contributed by atoms with Crippen molar-refractivity contribution in [3.63, 3.8) is 0 Å². The molecule has 77 heavy (non-hydrogen) atoms. The van der Waals surface area contributed by atoms with E-state index in [0.29, 0.717) is 0 Å². The Morgan fingerprint density at radius 2 is 0.805 bits per heavy atom. The summed E-state index contributed by atoms with van der Waals surface area (Å²) in [6, 6.07) is 92.9. The molecule has 16 rings (SSSR count). The first-order chi connectivity index (χ1) is 38.1. The summed E-state index contributed by atoms with van der Waals surface area (Å²) >= 11 is 0. The maximum atomic E-state index is 4.41. The van der Waals surface area contributed by atoms with Gasteiger partial charge in [-0.25, -0.2) is 0 Å². The van der Waals surface area contributed by atoms with Gasteiger partial charge in [-0.3, -0.25) is 0 Å². The lowest BCUT2D eigenvalue weighted by molar-refractivity contribution is -0.778. The van der Waals surface area contributed by atoms with Crippen LogP contribution >= 0.6 is 0 Å². The number of hydrogen-bond donors (Lipinski definition) is 0. The minimum absolute atomic E-state index is 0.0711. The fourth-order valence-electron chi connectivity index (χ4n) is 12.8. The van der Waals surface area contributed by atoms with E-state index in [2.05, 4.69) is 288 Å². The quantitative estimate of drug-likeness (QED) is 0.152. The summed E-state index contributed by atoms with van der Waals surface area (Å²) in [5.41, 5.74) is 30.1. The van der Waals surface area contributed by atoms with Gasteiger partial charge in [-0.2, -0.15) is 13.7 Å². The monoisotopic (exact) mass is 982 g/mol. The minimum Gasteiger partial charge on any atom is -0.194 e. The highest BCUT2D eigenvalue weighted by Crippen LogP contribution is 2.47. The van der Waals surface area contributed by atoms with Gasteiger partial charge in [0.25, 0.3) is 0 Å². The lowest BCUT2D eigenvalue weighted by Gasteiger charge is -2.20. The molecular formula is C74H52N3+3. The standard InChI is InChI=1S/C74H52N3/c1-2-49-40-53-33-35-64(49)71-26-12-16-38-76(71)48-74-70-44-54(34-36-66(70)73-28-14-17-39-77(73)74)60-21-7-9-23-62(60)56-41-55(61-22-8-6-20-59(53)61)42-57(43-56)63-24-10-11-25-65(63)69-45-58-47-75-37-15-13-27-72(75)68(58)46-67(69)52-31-29-51(30-32-52)50-18-4-3-5-19-50/h2-46,74H,1,47-48H2/q+3. The Morgan fingerprint density at radius 1 is 0.312 bits per heavy atom. The third kappa shape index (κ3) is 7.53. The van der Waals surface area contributed by atoms with Gasteiger partial charge in [0.15, 0.2) is 25.1 Å². The first-order valence-electron chi connectivity index (χ1n) is 26.8. The number of aromatic nitrogens is 3. The highest BCUT2D eigenvalue weighted by atomic mass is 15.1. The van der Waals surface area contributed by atoms with E-state index >= 15 is 0 Å². The van der Waals surface area contributed by atoms with E-state index in [1.165, 1.54) is 100 Å². The zero-order chi connectivity index (χ0) is 51.0. The molecule has 3 nitrogen and oxygen atoms in total. The number of hydrogen-bond acceptors (Lipinski definition) is 0.